The van der Waals surface area contributed by atoms with Gasteiger partial charge in [-0.15, -0.1) is 11.6 Å². The number of carbonyl (C=O) groups excluding carboxylic acids is 2. The fourth-order valence-electron chi connectivity index (χ4n) is 0.997. The summed E-state index contributed by atoms with van der Waals surface area (Å²) in [6.07, 6.45) is 0. The molecule has 0 atom stereocenters. The number of hydrogen-bond acceptors (Lipinski definition) is 3. The molecule has 2 amide bonds. The minimum Gasteiger partial charge on any atom is -0.497 e. The molecule has 4 nitrogen and oxygen atoms in total. The van der Waals surface area contributed by atoms with Crippen LogP contribution in [0, 0.1) is 0 Å². The summed E-state index contributed by atoms with van der Waals surface area (Å²) in [6.45, 7) is 0. The molecule has 0 unspecified atom stereocenters. The van der Waals surface area contributed by atoms with Crippen molar-refractivity contribution >= 4 is 23.4 Å². The quantitative estimate of drug-likeness (QED) is 0.790. The van der Waals surface area contributed by atoms with Crippen molar-refractivity contribution in [2.45, 2.75) is 0 Å². The van der Waals surface area contributed by atoms with Gasteiger partial charge in [0.2, 0.25) is 5.91 Å². The highest BCUT2D eigenvalue weighted by Crippen LogP contribution is 2.12. The molecule has 1 N–H and O–H groups in total. The molecule has 1 rings (SSSR count). The molecule has 0 aromatic heterocycles. The summed E-state index contributed by atoms with van der Waals surface area (Å²) in [5.41, 5.74) is 0.354. The van der Waals surface area contributed by atoms with E-state index in [4.69, 9.17) is 16.3 Å². The van der Waals surface area contributed by atoms with Crippen molar-refractivity contribution in [3.63, 3.8) is 0 Å². The number of benzene rings is 1. The summed E-state index contributed by atoms with van der Waals surface area (Å²) < 4.78 is 4.95. The Bertz CT molecular complexity index is 379. The van der Waals surface area contributed by atoms with E-state index in [-0.39, 0.29) is 5.88 Å². The number of halogens is 1. The lowest BCUT2D eigenvalue weighted by Crippen LogP contribution is -2.31. The first kappa shape index (κ1) is 11.5. The van der Waals surface area contributed by atoms with Crippen LogP contribution in [0.2, 0.25) is 0 Å². The van der Waals surface area contributed by atoms with Crippen LogP contribution in [0.4, 0.5) is 0 Å². The molecule has 0 bridgehead atoms. The van der Waals surface area contributed by atoms with E-state index in [2.05, 4.69) is 5.32 Å². The summed E-state index contributed by atoms with van der Waals surface area (Å²) in [6, 6.07) is 6.50. The molecular formula is C10H10ClNO3. The summed E-state index contributed by atoms with van der Waals surface area (Å²) in [4.78, 5) is 22.3. The van der Waals surface area contributed by atoms with Crippen LogP contribution in [0.5, 0.6) is 5.75 Å². The van der Waals surface area contributed by atoms with Crippen molar-refractivity contribution in [3.05, 3.63) is 29.8 Å². The van der Waals surface area contributed by atoms with Crippen LogP contribution >= 0.6 is 11.6 Å². The van der Waals surface area contributed by atoms with Crippen LogP contribution in [-0.4, -0.2) is 24.8 Å². The average Bonchev–Trinajstić information content (AvgIpc) is 2.28. The Morgan fingerprint density at radius 2 is 2.20 bits per heavy atom. The monoisotopic (exact) mass is 227 g/mol. The smallest absolute Gasteiger partial charge is 0.258 e. The summed E-state index contributed by atoms with van der Waals surface area (Å²) >= 11 is 5.25. The van der Waals surface area contributed by atoms with Crippen molar-refractivity contribution in [3.8, 4) is 5.75 Å². The zero-order valence-corrected chi connectivity index (χ0v) is 8.88. The van der Waals surface area contributed by atoms with E-state index in [0.717, 1.165) is 0 Å². The topological polar surface area (TPSA) is 55.4 Å². The largest absolute Gasteiger partial charge is 0.497 e. The maximum Gasteiger partial charge on any atom is 0.258 e. The van der Waals surface area contributed by atoms with Gasteiger partial charge in [0.25, 0.3) is 5.91 Å². The lowest BCUT2D eigenvalue weighted by atomic mass is 10.2. The number of alkyl halides is 1. The molecule has 0 aliphatic rings. The fourth-order valence-corrected chi connectivity index (χ4v) is 1.06. The number of hydrogen-bond donors (Lipinski definition) is 1. The van der Waals surface area contributed by atoms with E-state index in [1.54, 1.807) is 18.2 Å². The van der Waals surface area contributed by atoms with Gasteiger partial charge in [-0.25, -0.2) is 0 Å². The zero-order chi connectivity index (χ0) is 11.3. The van der Waals surface area contributed by atoms with Crippen LogP contribution in [0.15, 0.2) is 24.3 Å². The Morgan fingerprint density at radius 3 is 2.80 bits per heavy atom. The zero-order valence-electron chi connectivity index (χ0n) is 8.12. The first-order valence-electron chi connectivity index (χ1n) is 4.21. The molecule has 1 aromatic rings. The van der Waals surface area contributed by atoms with E-state index < -0.39 is 11.8 Å². The van der Waals surface area contributed by atoms with Gasteiger partial charge in [-0.05, 0) is 18.2 Å². The Labute approximate surface area is 92.2 Å². The van der Waals surface area contributed by atoms with Gasteiger partial charge in [0.05, 0.1) is 7.11 Å². The molecule has 0 spiro atoms. The van der Waals surface area contributed by atoms with Crippen LogP contribution in [0.25, 0.3) is 0 Å². The second kappa shape index (κ2) is 5.36. The Morgan fingerprint density at radius 1 is 1.47 bits per heavy atom. The Balaban J connectivity index is 2.77. The third-order valence-electron chi connectivity index (χ3n) is 1.71. The van der Waals surface area contributed by atoms with Crippen molar-refractivity contribution in [2.75, 3.05) is 13.0 Å². The minimum atomic E-state index is -0.524. The number of amides is 2. The summed E-state index contributed by atoms with van der Waals surface area (Å²) in [5, 5.41) is 2.13. The first-order valence-corrected chi connectivity index (χ1v) is 4.75. The SMILES string of the molecule is COc1cccc(C(=O)NC(=O)CCl)c1. The predicted molar refractivity (Wildman–Crippen MR) is 56.2 cm³/mol. The molecule has 1 aromatic carbocycles. The van der Waals surface area contributed by atoms with E-state index in [1.165, 1.54) is 13.2 Å². The van der Waals surface area contributed by atoms with Gasteiger partial charge in [0, 0.05) is 5.56 Å². The molecule has 0 fully saturated rings. The Kier molecular flexibility index (Phi) is 4.12. The molecule has 0 aliphatic heterocycles. The van der Waals surface area contributed by atoms with E-state index >= 15 is 0 Å². The van der Waals surface area contributed by atoms with Crippen LogP contribution in [0.1, 0.15) is 10.4 Å². The molecule has 0 saturated carbocycles. The number of ether oxygens (including phenoxy) is 1. The van der Waals surface area contributed by atoms with Gasteiger partial charge < -0.3 is 4.74 Å². The van der Waals surface area contributed by atoms with Gasteiger partial charge in [0.15, 0.2) is 0 Å². The van der Waals surface area contributed by atoms with Crippen molar-refractivity contribution in [2.24, 2.45) is 0 Å². The van der Waals surface area contributed by atoms with E-state index in [0.29, 0.717) is 11.3 Å². The molecule has 15 heavy (non-hydrogen) atoms. The van der Waals surface area contributed by atoms with Crippen LogP contribution in [-0.2, 0) is 4.79 Å². The lowest BCUT2D eigenvalue weighted by molar-refractivity contribution is -0.117. The molecule has 0 radical (unpaired) electrons. The predicted octanol–water partition coefficient (Wildman–Crippen LogP) is 1.19. The molecular weight excluding hydrogens is 218 g/mol. The standard InChI is InChI=1S/C10H10ClNO3/c1-15-8-4-2-3-7(5-8)10(14)12-9(13)6-11/h2-5H,6H2,1H3,(H,12,13,14). The second-order valence-corrected chi connectivity index (χ2v) is 3.01. The molecule has 0 aliphatic carbocycles. The maximum atomic E-state index is 11.4. The number of nitrogens with one attached hydrogen (secondary N) is 1. The van der Waals surface area contributed by atoms with Gasteiger partial charge in [-0.1, -0.05) is 6.07 Å². The average molecular weight is 228 g/mol. The van der Waals surface area contributed by atoms with Crippen LogP contribution in [0.3, 0.4) is 0 Å². The number of carbonyl (C=O) groups is 2. The number of rotatable bonds is 3. The summed E-state index contributed by atoms with van der Waals surface area (Å²) in [7, 11) is 1.50. The highest BCUT2D eigenvalue weighted by Gasteiger charge is 2.09. The van der Waals surface area contributed by atoms with Crippen LogP contribution < -0.4 is 10.1 Å². The minimum absolute atomic E-state index is 0.240. The van der Waals surface area contributed by atoms with E-state index in [1.807, 2.05) is 0 Å². The number of methoxy groups -OCH3 is 1. The van der Waals surface area contributed by atoms with Gasteiger partial charge in [0.1, 0.15) is 11.6 Å². The maximum absolute atomic E-state index is 11.4. The third-order valence-corrected chi connectivity index (χ3v) is 1.95. The molecule has 80 valence electrons. The normalized spacial score (nSPS) is 9.47. The lowest BCUT2D eigenvalue weighted by Gasteiger charge is -2.04. The highest BCUT2D eigenvalue weighted by molar-refractivity contribution is 6.28. The van der Waals surface area contributed by atoms with Gasteiger partial charge in [-0.2, -0.15) is 0 Å². The van der Waals surface area contributed by atoms with Gasteiger partial charge in [-0.3, -0.25) is 14.9 Å². The van der Waals surface area contributed by atoms with Crippen molar-refractivity contribution in [1.29, 1.82) is 0 Å². The molecule has 0 heterocycles. The Hall–Kier alpha value is -1.55. The molecule has 5 heteroatoms. The second-order valence-electron chi connectivity index (χ2n) is 2.74. The van der Waals surface area contributed by atoms with Crippen molar-refractivity contribution < 1.29 is 14.3 Å². The highest BCUT2D eigenvalue weighted by atomic mass is 35.5. The summed E-state index contributed by atoms with van der Waals surface area (Å²) in [5.74, 6) is -0.694. The third kappa shape index (κ3) is 3.25. The fraction of sp³-hybridized carbons (Fsp3) is 0.200. The van der Waals surface area contributed by atoms with Crippen molar-refractivity contribution in [1.82, 2.24) is 5.32 Å². The molecule has 0 saturated heterocycles. The van der Waals surface area contributed by atoms with E-state index in [9.17, 15) is 9.59 Å². The number of imide groups is 1. The first-order chi connectivity index (χ1) is 7.17. The van der Waals surface area contributed by atoms with Gasteiger partial charge >= 0.3 is 0 Å².